The van der Waals surface area contributed by atoms with Gasteiger partial charge in [0.25, 0.3) is 0 Å². The lowest BCUT2D eigenvalue weighted by molar-refractivity contribution is -0.130. The van der Waals surface area contributed by atoms with Crippen LogP contribution in [0.3, 0.4) is 0 Å². The van der Waals surface area contributed by atoms with Crippen LogP contribution in [0.25, 0.3) is 0 Å². The van der Waals surface area contributed by atoms with Crippen LogP contribution in [0.5, 0.6) is 0 Å². The zero-order chi connectivity index (χ0) is 14.3. The molecule has 0 radical (unpaired) electrons. The second-order valence-corrected chi connectivity index (χ2v) is 4.53. The van der Waals surface area contributed by atoms with E-state index in [0.717, 1.165) is 18.8 Å². The Bertz CT molecular complexity index is 388. The van der Waals surface area contributed by atoms with Crippen molar-refractivity contribution in [1.29, 1.82) is 0 Å². The van der Waals surface area contributed by atoms with Crippen LogP contribution in [0.15, 0.2) is 12.4 Å². The molecule has 2 N–H and O–H groups in total. The summed E-state index contributed by atoms with van der Waals surface area (Å²) in [5, 5.41) is 16.2. The number of amides is 1. The minimum Gasteiger partial charge on any atom is -0.394 e. The molecule has 108 valence electrons. The van der Waals surface area contributed by atoms with E-state index < -0.39 is 0 Å². The average molecular weight is 268 g/mol. The molecule has 1 amide bonds. The number of hydrogen-bond donors (Lipinski definition) is 2. The van der Waals surface area contributed by atoms with E-state index in [1.54, 1.807) is 10.9 Å². The van der Waals surface area contributed by atoms with Crippen LogP contribution < -0.4 is 5.32 Å². The Balaban J connectivity index is 2.45. The normalized spacial score (nSPS) is 12.2. The number of carbonyl (C=O) groups excluding carboxylic acids is 1. The monoisotopic (exact) mass is 268 g/mol. The number of anilines is 1. The maximum atomic E-state index is 11.9. The number of aliphatic hydroxyl groups is 1. The summed E-state index contributed by atoms with van der Waals surface area (Å²) in [6.07, 6.45) is 4.00. The number of nitrogens with one attached hydrogen (secondary N) is 1. The van der Waals surface area contributed by atoms with Crippen molar-refractivity contribution in [3.05, 3.63) is 12.4 Å². The van der Waals surface area contributed by atoms with E-state index in [1.165, 1.54) is 0 Å². The molecule has 0 fully saturated rings. The minimum absolute atomic E-state index is 0.0554. The maximum Gasteiger partial charge on any atom is 0.224 e. The first-order valence-electron chi connectivity index (χ1n) is 6.78. The van der Waals surface area contributed by atoms with Gasteiger partial charge in [-0.15, -0.1) is 0 Å². The second kappa shape index (κ2) is 7.78. The highest BCUT2D eigenvalue weighted by Gasteiger charge is 2.14. The van der Waals surface area contributed by atoms with Crippen LogP contribution in [-0.4, -0.2) is 51.4 Å². The summed E-state index contributed by atoms with van der Waals surface area (Å²) in [4.78, 5) is 13.8. The molecule has 1 atom stereocenters. The summed E-state index contributed by atoms with van der Waals surface area (Å²) in [7, 11) is 0. The molecule has 1 unspecified atom stereocenters. The molecule has 0 aliphatic carbocycles. The standard InChI is InChI=1S/C13H24N4O2/c1-4-16(5-2)13(19)8-11(3)15-12-9-14-17(10-12)6-7-18/h9-11,15,18H,4-8H2,1-3H3. The van der Waals surface area contributed by atoms with Gasteiger partial charge in [-0.25, -0.2) is 0 Å². The largest absolute Gasteiger partial charge is 0.394 e. The number of rotatable bonds is 8. The Hall–Kier alpha value is -1.56. The molecule has 0 aliphatic heterocycles. The van der Waals surface area contributed by atoms with Crippen LogP contribution in [0, 0.1) is 0 Å². The first-order chi connectivity index (χ1) is 9.10. The van der Waals surface area contributed by atoms with Crippen LogP contribution in [-0.2, 0) is 11.3 Å². The van der Waals surface area contributed by atoms with Crippen molar-refractivity contribution in [3.8, 4) is 0 Å². The van der Waals surface area contributed by atoms with Crippen LogP contribution in [0.4, 0.5) is 5.69 Å². The quantitative estimate of drug-likeness (QED) is 0.736. The molecule has 0 aromatic carbocycles. The predicted molar refractivity (Wildman–Crippen MR) is 74.9 cm³/mol. The molecule has 1 aromatic heterocycles. The summed E-state index contributed by atoms with van der Waals surface area (Å²) in [5.74, 6) is 0.160. The lowest BCUT2D eigenvalue weighted by atomic mass is 10.2. The molecule has 0 saturated heterocycles. The van der Waals surface area contributed by atoms with Crippen LogP contribution in [0.1, 0.15) is 27.2 Å². The Labute approximate surface area is 114 Å². The van der Waals surface area contributed by atoms with Crippen LogP contribution in [0.2, 0.25) is 0 Å². The number of aromatic nitrogens is 2. The molecule has 0 spiro atoms. The highest BCUT2D eigenvalue weighted by atomic mass is 16.3. The van der Waals surface area contributed by atoms with Gasteiger partial charge in [-0.05, 0) is 20.8 Å². The zero-order valence-corrected chi connectivity index (χ0v) is 12.0. The minimum atomic E-state index is 0.0554. The molecular formula is C13H24N4O2. The summed E-state index contributed by atoms with van der Waals surface area (Å²) < 4.78 is 1.67. The third kappa shape index (κ3) is 4.90. The van der Waals surface area contributed by atoms with E-state index in [2.05, 4.69) is 10.4 Å². The molecule has 0 aliphatic rings. The summed E-state index contributed by atoms with van der Waals surface area (Å²) in [6.45, 7) is 7.99. The van der Waals surface area contributed by atoms with Crippen molar-refractivity contribution in [2.45, 2.75) is 39.8 Å². The third-order valence-electron chi connectivity index (χ3n) is 2.97. The fourth-order valence-corrected chi connectivity index (χ4v) is 1.97. The van der Waals surface area contributed by atoms with E-state index in [-0.39, 0.29) is 18.6 Å². The SMILES string of the molecule is CCN(CC)C(=O)CC(C)Nc1cnn(CCO)c1. The van der Waals surface area contributed by atoms with E-state index in [1.807, 2.05) is 31.9 Å². The Morgan fingerprint density at radius 2 is 2.21 bits per heavy atom. The van der Waals surface area contributed by atoms with Gasteiger partial charge < -0.3 is 15.3 Å². The van der Waals surface area contributed by atoms with Crippen molar-refractivity contribution in [1.82, 2.24) is 14.7 Å². The van der Waals surface area contributed by atoms with Crippen molar-refractivity contribution in [2.75, 3.05) is 25.0 Å². The summed E-state index contributed by atoms with van der Waals surface area (Å²) in [5.41, 5.74) is 0.869. The van der Waals surface area contributed by atoms with Gasteiger partial charge >= 0.3 is 0 Å². The van der Waals surface area contributed by atoms with Gasteiger partial charge in [-0.3, -0.25) is 9.48 Å². The lowest BCUT2D eigenvalue weighted by Gasteiger charge is -2.21. The second-order valence-electron chi connectivity index (χ2n) is 4.53. The Kier molecular flexibility index (Phi) is 6.35. The maximum absolute atomic E-state index is 11.9. The first-order valence-corrected chi connectivity index (χ1v) is 6.78. The molecule has 6 nitrogen and oxygen atoms in total. The van der Waals surface area contributed by atoms with Gasteiger partial charge in [0, 0.05) is 31.7 Å². The van der Waals surface area contributed by atoms with Gasteiger partial charge in [-0.2, -0.15) is 5.10 Å². The average Bonchev–Trinajstić information content (AvgIpc) is 2.78. The summed E-state index contributed by atoms with van der Waals surface area (Å²) >= 11 is 0. The van der Waals surface area contributed by atoms with Gasteiger partial charge in [0.1, 0.15) is 0 Å². The molecular weight excluding hydrogens is 244 g/mol. The zero-order valence-electron chi connectivity index (χ0n) is 12.0. The predicted octanol–water partition coefficient (Wildman–Crippen LogP) is 0.934. The van der Waals surface area contributed by atoms with E-state index in [9.17, 15) is 4.79 Å². The fourth-order valence-electron chi connectivity index (χ4n) is 1.97. The van der Waals surface area contributed by atoms with Crippen molar-refractivity contribution in [3.63, 3.8) is 0 Å². The summed E-state index contributed by atoms with van der Waals surface area (Å²) in [6, 6.07) is 0.0554. The molecule has 0 bridgehead atoms. The molecule has 1 heterocycles. The van der Waals surface area contributed by atoms with E-state index in [0.29, 0.717) is 13.0 Å². The van der Waals surface area contributed by atoms with Crippen molar-refractivity contribution in [2.24, 2.45) is 0 Å². The lowest BCUT2D eigenvalue weighted by Crippen LogP contribution is -2.34. The molecule has 19 heavy (non-hydrogen) atoms. The van der Waals surface area contributed by atoms with Gasteiger partial charge in [0.2, 0.25) is 5.91 Å². The molecule has 1 rings (SSSR count). The van der Waals surface area contributed by atoms with Gasteiger partial charge in [0.05, 0.1) is 25.0 Å². The number of hydrogen-bond acceptors (Lipinski definition) is 4. The van der Waals surface area contributed by atoms with Gasteiger partial charge in [-0.1, -0.05) is 0 Å². The third-order valence-corrected chi connectivity index (χ3v) is 2.97. The smallest absolute Gasteiger partial charge is 0.224 e. The van der Waals surface area contributed by atoms with Crippen LogP contribution >= 0.6 is 0 Å². The van der Waals surface area contributed by atoms with E-state index >= 15 is 0 Å². The van der Waals surface area contributed by atoms with E-state index in [4.69, 9.17) is 5.11 Å². The highest BCUT2D eigenvalue weighted by Crippen LogP contribution is 2.09. The fraction of sp³-hybridized carbons (Fsp3) is 0.692. The highest BCUT2D eigenvalue weighted by molar-refractivity contribution is 5.77. The van der Waals surface area contributed by atoms with Crippen molar-refractivity contribution >= 4 is 11.6 Å². The molecule has 6 heteroatoms. The van der Waals surface area contributed by atoms with Gasteiger partial charge in [0.15, 0.2) is 0 Å². The number of nitrogens with zero attached hydrogens (tertiary/aromatic N) is 3. The first kappa shape index (κ1) is 15.5. The number of carbonyl (C=O) groups is 1. The Morgan fingerprint density at radius 3 is 2.79 bits per heavy atom. The molecule has 0 saturated carbocycles. The van der Waals surface area contributed by atoms with Crippen molar-refractivity contribution < 1.29 is 9.90 Å². The number of aliphatic hydroxyl groups excluding tert-OH is 1. The Morgan fingerprint density at radius 1 is 1.53 bits per heavy atom. The topological polar surface area (TPSA) is 70.4 Å². The molecule has 1 aromatic rings.